The van der Waals surface area contributed by atoms with Crippen LogP contribution in [0.3, 0.4) is 0 Å². The molecule has 1 N–H and O–H groups in total. The predicted octanol–water partition coefficient (Wildman–Crippen LogP) is 1.26. The molecule has 1 atom stereocenters. The monoisotopic (exact) mass is 508 g/mol. The number of hydrogen-bond acceptors (Lipinski definition) is 6. The normalized spacial score (nSPS) is 20.0. The van der Waals surface area contributed by atoms with Gasteiger partial charge >= 0.3 is 0 Å². The molecule has 198 valence electrons. The molecule has 0 spiro atoms. The van der Waals surface area contributed by atoms with Gasteiger partial charge < -0.3 is 29.1 Å². The lowest BCUT2D eigenvalue weighted by atomic mass is 9.95. The number of carbonyl (C=O) groups excluding carboxylic acids is 2. The van der Waals surface area contributed by atoms with Crippen LogP contribution in [0.5, 0.6) is 11.5 Å². The maximum atomic E-state index is 13.7. The maximum absolute atomic E-state index is 13.7. The van der Waals surface area contributed by atoms with Crippen molar-refractivity contribution in [1.29, 1.82) is 0 Å². The molecule has 2 aliphatic heterocycles. The Kier molecular flexibility index (Phi) is 8.84. The second-order valence-corrected chi connectivity index (χ2v) is 9.82. The average Bonchev–Trinajstić information content (AvgIpc) is 3.17. The molecule has 0 aromatic heterocycles. The van der Waals surface area contributed by atoms with E-state index >= 15 is 0 Å². The Morgan fingerprint density at radius 3 is 2.27 bits per heavy atom. The van der Waals surface area contributed by atoms with Crippen LogP contribution in [-0.4, -0.2) is 69.2 Å². The minimum absolute atomic E-state index is 0.0120. The van der Waals surface area contributed by atoms with Crippen molar-refractivity contribution >= 4 is 17.4 Å². The number of morpholine rings is 1. The van der Waals surface area contributed by atoms with E-state index in [1.54, 1.807) is 41.3 Å². The van der Waals surface area contributed by atoms with Gasteiger partial charge in [0.2, 0.25) is 5.78 Å². The highest BCUT2D eigenvalue weighted by Gasteiger charge is 2.44. The Morgan fingerprint density at radius 1 is 1.03 bits per heavy atom. The van der Waals surface area contributed by atoms with Gasteiger partial charge in [-0.1, -0.05) is 43.9 Å². The number of nitrogens with zero attached hydrogens (tertiary/aromatic N) is 1. The Morgan fingerprint density at radius 2 is 1.65 bits per heavy atom. The number of ether oxygens (including phenoxy) is 3. The van der Waals surface area contributed by atoms with Crippen LogP contribution in [0.2, 0.25) is 0 Å². The zero-order valence-corrected chi connectivity index (χ0v) is 21.8. The maximum Gasteiger partial charge on any atom is 0.295 e. The summed E-state index contributed by atoms with van der Waals surface area (Å²) in [5.41, 5.74) is 1.05. The molecule has 8 nitrogen and oxygen atoms in total. The van der Waals surface area contributed by atoms with E-state index in [1.807, 2.05) is 19.1 Å². The number of rotatable bonds is 10. The molecule has 1 unspecified atom stereocenters. The Labute approximate surface area is 218 Å². The fourth-order valence-corrected chi connectivity index (χ4v) is 4.67. The predicted molar refractivity (Wildman–Crippen MR) is 137 cm³/mol. The molecule has 0 bridgehead atoms. The summed E-state index contributed by atoms with van der Waals surface area (Å²) in [7, 11) is 0. The minimum Gasteiger partial charge on any atom is -0.872 e. The summed E-state index contributed by atoms with van der Waals surface area (Å²) in [5, 5.41) is 13.7. The summed E-state index contributed by atoms with van der Waals surface area (Å²) in [5.74, 6) is -0.0842. The third-order valence-electron chi connectivity index (χ3n) is 6.64. The molecular formula is C29H36N2O6. The third kappa shape index (κ3) is 6.32. The summed E-state index contributed by atoms with van der Waals surface area (Å²) in [6.45, 7) is 11.2. The van der Waals surface area contributed by atoms with Crippen molar-refractivity contribution in [3.63, 3.8) is 0 Å². The summed E-state index contributed by atoms with van der Waals surface area (Å²) in [4.78, 5) is 29.3. The van der Waals surface area contributed by atoms with Gasteiger partial charge in [0.05, 0.1) is 45.6 Å². The zero-order chi connectivity index (χ0) is 26.4. The van der Waals surface area contributed by atoms with Crippen LogP contribution in [0.1, 0.15) is 37.9 Å². The lowest BCUT2D eigenvalue weighted by Gasteiger charge is -2.30. The number of likely N-dealkylation sites (tertiary alicyclic amines) is 1. The highest BCUT2D eigenvalue weighted by atomic mass is 16.5. The van der Waals surface area contributed by atoms with Crippen molar-refractivity contribution < 1.29 is 33.8 Å². The van der Waals surface area contributed by atoms with E-state index in [2.05, 4.69) is 13.8 Å². The largest absolute Gasteiger partial charge is 0.872 e. The Balaban J connectivity index is 1.66. The van der Waals surface area contributed by atoms with Gasteiger partial charge in [-0.05, 0) is 48.2 Å². The molecule has 37 heavy (non-hydrogen) atoms. The van der Waals surface area contributed by atoms with Gasteiger partial charge in [-0.3, -0.25) is 9.59 Å². The van der Waals surface area contributed by atoms with Gasteiger partial charge in [-0.25, -0.2) is 0 Å². The molecule has 2 aromatic rings. The smallest absolute Gasteiger partial charge is 0.295 e. The molecule has 0 aliphatic carbocycles. The van der Waals surface area contributed by atoms with Crippen molar-refractivity contribution in [2.45, 2.75) is 26.8 Å². The molecule has 2 fully saturated rings. The molecule has 2 heterocycles. The minimum atomic E-state index is -0.750. The molecular weight excluding hydrogens is 472 g/mol. The fraction of sp³-hybridized carbons (Fsp3) is 0.448. The molecule has 4 rings (SSSR count). The van der Waals surface area contributed by atoms with E-state index in [-0.39, 0.29) is 5.57 Å². The van der Waals surface area contributed by atoms with Crippen molar-refractivity contribution in [3.8, 4) is 11.5 Å². The first-order valence-corrected chi connectivity index (χ1v) is 13.0. The van der Waals surface area contributed by atoms with Gasteiger partial charge in [0.25, 0.3) is 5.91 Å². The highest BCUT2D eigenvalue weighted by Crippen LogP contribution is 2.39. The van der Waals surface area contributed by atoms with E-state index in [0.717, 1.165) is 13.1 Å². The number of ketones is 1. The molecule has 1 amide bonds. The van der Waals surface area contributed by atoms with Crippen LogP contribution in [0.25, 0.3) is 5.76 Å². The highest BCUT2D eigenvalue weighted by molar-refractivity contribution is 6.46. The number of benzene rings is 2. The fourth-order valence-electron chi connectivity index (χ4n) is 4.67. The SMILES string of the molecule is CCOc1ccc(C2C(=C([O-])c3ccc(OCC(C)C)cc3)C(=O)C(=O)N2CC[NH+]2CCOCC2)cc1. The second-order valence-electron chi connectivity index (χ2n) is 9.82. The lowest BCUT2D eigenvalue weighted by molar-refractivity contribution is -0.907. The molecule has 2 saturated heterocycles. The molecule has 0 saturated carbocycles. The van der Waals surface area contributed by atoms with E-state index in [0.29, 0.717) is 68.1 Å². The van der Waals surface area contributed by atoms with Gasteiger partial charge in [0.15, 0.2) is 0 Å². The quantitative estimate of drug-likeness (QED) is 0.295. The van der Waals surface area contributed by atoms with Gasteiger partial charge in [0.1, 0.15) is 24.6 Å². The van der Waals surface area contributed by atoms with Crippen molar-refractivity contribution in [2.24, 2.45) is 5.92 Å². The number of nitrogens with one attached hydrogen (secondary N) is 1. The first kappa shape index (κ1) is 26.7. The first-order chi connectivity index (χ1) is 17.9. The molecule has 8 heteroatoms. The number of quaternary nitrogens is 1. The van der Waals surface area contributed by atoms with Gasteiger partial charge in [-0.15, -0.1) is 0 Å². The summed E-state index contributed by atoms with van der Waals surface area (Å²) < 4.78 is 16.7. The lowest BCUT2D eigenvalue weighted by Crippen LogP contribution is -3.14. The molecule has 2 aromatic carbocycles. The molecule has 0 radical (unpaired) electrons. The third-order valence-corrected chi connectivity index (χ3v) is 6.64. The van der Waals surface area contributed by atoms with Crippen LogP contribution in [0.15, 0.2) is 54.1 Å². The van der Waals surface area contributed by atoms with E-state index in [4.69, 9.17) is 14.2 Å². The van der Waals surface area contributed by atoms with Crippen molar-refractivity contribution in [3.05, 3.63) is 65.2 Å². The van der Waals surface area contributed by atoms with Gasteiger partial charge in [-0.2, -0.15) is 0 Å². The van der Waals surface area contributed by atoms with Crippen LogP contribution < -0.4 is 19.5 Å². The van der Waals surface area contributed by atoms with Crippen molar-refractivity contribution in [1.82, 2.24) is 4.90 Å². The number of amides is 1. The number of carbonyl (C=O) groups is 2. The van der Waals surface area contributed by atoms with E-state index in [1.165, 1.54) is 4.90 Å². The average molecular weight is 509 g/mol. The topological polar surface area (TPSA) is 92.6 Å². The van der Waals surface area contributed by atoms with Crippen LogP contribution in [0, 0.1) is 5.92 Å². The second kappa shape index (κ2) is 12.3. The molecule has 2 aliphatic rings. The zero-order valence-electron chi connectivity index (χ0n) is 21.8. The van der Waals surface area contributed by atoms with Gasteiger partial charge in [0, 0.05) is 5.57 Å². The van der Waals surface area contributed by atoms with E-state index < -0.39 is 23.5 Å². The van der Waals surface area contributed by atoms with E-state index in [9.17, 15) is 14.7 Å². The Bertz CT molecular complexity index is 1100. The van der Waals surface area contributed by atoms with Crippen molar-refractivity contribution in [2.75, 3.05) is 52.6 Å². The standard InChI is InChI=1S/C29H36N2O6/c1-4-36-23-9-5-21(6-10-23)26-25(27(32)22-7-11-24(12-8-22)37-19-20(2)3)28(33)29(34)31(26)14-13-30-15-17-35-18-16-30/h5-12,20,26,32H,4,13-19H2,1-3H3. The number of Topliss-reactive ketones (excluding diaryl/α,β-unsaturated/α-hetero) is 1. The first-order valence-electron chi connectivity index (χ1n) is 13.0. The van der Waals surface area contributed by atoms with Crippen LogP contribution in [-0.2, 0) is 14.3 Å². The van der Waals surface area contributed by atoms with Crippen LogP contribution >= 0.6 is 0 Å². The Hall–Kier alpha value is -3.36. The number of hydrogen-bond donors (Lipinski definition) is 1. The summed E-state index contributed by atoms with van der Waals surface area (Å²) >= 11 is 0. The summed E-state index contributed by atoms with van der Waals surface area (Å²) in [6, 6.07) is 13.3. The summed E-state index contributed by atoms with van der Waals surface area (Å²) in [6.07, 6.45) is 0. The van der Waals surface area contributed by atoms with Crippen LogP contribution in [0.4, 0.5) is 0 Å².